The van der Waals surface area contributed by atoms with Crippen LogP contribution in [-0.4, -0.2) is 20.4 Å². The first-order valence-corrected chi connectivity index (χ1v) is 7.47. The lowest BCUT2D eigenvalue weighted by molar-refractivity contribution is 0.325. The standard InChI is InChI=1S/C9H22NO3PS/c1-2-3-4-5-6-7-8-9-10(15)14(11,12)13/h15H,2-9H2,1H3,(H2,11,12,13). The molecule has 0 saturated carbocycles. The minimum Gasteiger partial charge on any atom is -0.312 e. The lowest BCUT2D eigenvalue weighted by atomic mass is 10.1. The van der Waals surface area contributed by atoms with Gasteiger partial charge in [-0.2, -0.15) is 4.08 Å². The Morgan fingerprint density at radius 2 is 1.53 bits per heavy atom. The van der Waals surface area contributed by atoms with Crippen LogP contribution in [0.5, 0.6) is 0 Å². The fourth-order valence-corrected chi connectivity index (χ4v) is 1.88. The highest BCUT2D eigenvalue weighted by atomic mass is 32.1. The summed E-state index contributed by atoms with van der Waals surface area (Å²) in [4.78, 5) is 17.4. The molecule has 0 aromatic rings. The van der Waals surface area contributed by atoms with Crippen LogP contribution in [0.25, 0.3) is 0 Å². The summed E-state index contributed by atoms with van der Waals surface area (Å²) in [6.45, 7) is 2.53. The molecule has 0 aliphatic carbocycles. The molecule has 0 atom stereocenters. The van der Waals surface area contributed by atoms with Gasteiger partial charge in [-0.15, -0.1) is 0 Å². The maximum Gasteiger partial charge on any atom is 0.412 e. The van der Waals surface area contributed by atoms with Crippen LogP contribution in [0.15, 0.2) is 0 Å². The Bertz CT molecular complexity index is 198. The largest absolute Gasteiger partial charge is 0.412 e. The van der Waals surface area contributed by atoms with Gasteiger partial charge in [-0.25, -0.2) is 4.57 Å². The van der Waals surface area contributed by atoms with E-state index in [0.717, 1.165) is 23.3 Å². The predicted molar refractivity (Wildman–Crippen MR) is 65.7 cm³/mol. The third kappa shape index (κ3) is 9.39. The summed E-state index contributed by atoms with van der Waals surface area (Å²) in [5.74, 6) is 0. The van der Waals surface area contributed by atoms with E-state index in [2.05, 4.69) is 19.7 Å². The molecule has 0 amide bonds. The van der Waals surface area contributed by atoms with Crippen LogP contribution in [0.1, 0.15) is 51.9 Å². The first-order valence-electron chi connectivity index (χ1n) is 5.51. The molecular weight excluding hydrogens is 233 g/mol. The van der Waals surface area contributed by atoms with Crippen molar-refractivity contribution < 1.29 is 14.4 Å². The Balaban J connectivity index is 3.28. The number of hydrogen-bond donors (Lipinski definition) is 3. The van der Waals surface area contributed by atoms with Crippen LogP contribution < -0.4 is 0 Å². The summed E-state index contributed by atoms with van der Waals surface area (Å²) in [6, 6.07) is 0. The maximum absolute atomic E-state index is 10.7. The number of thiol groups is 1. The highest BCUT2D eigenvalue weighted by Gasteiger charge is 2.20. The zero-order chi connectivity index (χ0) is 11.7. The monoisotopic (exact) mass is 255 g/mol. The minimum absolute atomic E-state index is 0.348. The average Bonchev–Trinajstić information content (AvgIpc) is 2.14. The summed E-state index contributed by atoms with van der Waals surface area (Å²) in [7, 11) is -4.13. The van der Waals surface area contributed by atoms with Crippen molar-refractivity contribution in [2.24, 2.45) is 0 Å². The van der Waals surface area contributed by atoms with E-state index in [0.29, 0.717) is 6.54 Å². The molecule has 0 fully saturated rings. The third-order valence-corrected chi connectivity index (χ3v) is 3.96. The van der Waals surface area contributed by atoms with Crippen LogP contribution >= 0.6 is 20.6 Å². The second-order valence-electron chi connectivity index (χ2n) is 3.73. The SMILES string of the molecule is CCCCCCCCCN(S)P(=O)(O)O. The molecule has 0 aliphatic rings. The van der Waals surface area contributed by atoms with Crippen LogP contribution in [0.4, 0.5) is 0 Å². The number of rotatable bonds is 9. The number of hydrogen-bond acceptors (Lipinski definition) is 2. The van der Waals surface area contributed by atoms with Gasteiger partial charge in [0.1, 0.15) is 0 Å². The molecule has 15 heavy (non-hydrogen) atoms. The topological polar surface area (TPSA) is 60.8 Å². The van der Waals surface area contributed by atoms with E-state index in [9.17, 15) is 4.57 Å². The van der Waals surface area contributed by atoms with E-state index >= 15 is 0 Å². The summed E-state index contributed by atoms with van der Waals surface area (Å²) in [5, 5.41) is 0. The third-order valence-electron chi connectivity index (χ3n) is 2.26. The molecule has 0 radical (unpaired) electrons. The lowest BCUT2D eigenvalue weighted by Crippen LogP contribution is -2.09. The molecule has 0 aromatic carbocycles. The quantitative estimate of drug-likeness (QED) is 0.337. The van der Waals surface area contributed by atoms with Gasteiger partial charge in [-0.1, -0.05) is 58.3 Å². The number of nitrogens with zero attached hydrogens (tertiary/aromatic N) is 1. The first kappa shape index (κ1) is 15.5. The summed E-state index contributed by atoms with van der Waals surface area (Å²) in [6.07, 6.45) is 7.95. The van der Waals surface area contributed by atoms with Crippen molar-refractivity contribution in [1.29, 1.82) is 0 Å². The Morgan fingerprint density at radius 3 is 2.00 bits per heavy atom. The van der Waals surface area contributed by atoms with Crippen molar-refractivity contribution in [3.8, 4) is 0 Å². The van der Waals surface area contributed by atoms with E-state index in [1.807, 2.05) is 0 Å². The molecule has 2 N–H and O–H groups in total. The molecule has 0 bridgehead atoms. The van der Waals surface area contributed by atoms with Gasteiger partial charge in [0.25, 0.3) is 0 Å². The zero-order valence-electron chi connectivity index (χ0n) is 9.30. The molecule has 4 nitrogen and oxygen atoms in total. The normalized spacial score (nSPS) is 12.3. The van der Waals surface area contributed by atoms with E-state index in [-0.39, 0.29) is 0 Å². The van der Waals surface area contributed by atoms with Gasteiger partial charge in [-0.05, 0) is 6.42 Å². The van der Waals surface area contributed by atoms with Crippen LogP contribution in [0.2, 0.25) is 0 Å². The van der Waals surface area contributed by atoms with Crippen molar-refractivity contribution >= 4 is 20.6 Å². The first-order chi connectivity index (χ1) is 6.98. The van der Waals surface area contributed by atoms with Crippen molar-refractivity contribution in [2.45, 2.75) is 51.9 Å². The Kier molecular flexibility index (Phi) is 8.86. The van der Waals surface area contributed by atoms with Gasteiger partial charge in [0.2, 0.25) is 0 Å². The Morgan fingerprint density at radius 1 is 1.07 bits per heavy atom. The van der Waals surface area contributed by atoms with E-state index in [1.165, 1.54) is 25.7 Å². The van der Waals surface area contributed by atoms with Crippen molar-refractivity contribution in [2.75, 3.05) is 6.54 Å². The smallest absolute Gasteiger partial charge is 0.312 e. The fraction of sp³-hybridized carbons (Fsp3) is 1.00. The predicted octanol–water partition coefficient (Wildman–Crippen LogP) is 2.98. The van der Waals surface area contributed by atoms with Gasteiger partial charge >= 0.3 is 7.75 Å². The van der Waals surface area contributed by atoms with Crippen LogP contribution in [0.3, 0.4) is 0 Å². The van der Waals surface area contributed by atoms with E-state index < -0.39 is 7.75 Å². The van der Waals surface area contributed by atoms with Crippen molar-refractivity contribution in [1.82, 2.24) is 4.08 Å². The van der Waals surface area contributed by atoms with Gasteiger partial charge in [0.05, 0.1) is 0 Å². The molecule has 0 saturated heterocycles. The van der Waals surface area contributed by atoms with Gasteiger partial charge in [0, 0.05) is 6.54 Å². The fourth-order valence-electron chi connectivity index (χ4n) is 1.34. The van der Waals surface area contributed by atoms with Crippen LogP contribution in [-0.2, 0) is 4.57 Å². The molecular formula is C9H22NO3PS. The summed E-state index contributed by atoms with van der Waals surface area (Å²) < 4.78 is 11.5. The molecule has 0 aromatic heterocycles. The highest BCUT2D eigenvalue weighted by Crippen LogP contribution is 2.41. The van der Waals surface area contributed by atoms with Crippen LogP contribution in [0, 0.1) is 0 Å². The number of unbranched alkanes of at least 4 members (excludes halogenated alkanes) is 6. The minimum atomic E-state index is -4.13. The molecule has 0 aliphatic heterocycles. The zero-order valence-corrected chi connectivity index (χ0v) is 11.1. The lowest BCUT2D eigenvalue weighted by Gasteiger charge is -2.15. The second-order valence-corrected chi connectivity index (χ2v) is 6.04. The van der Waals surface area contributed by atoms with E-state index in [4.69, 9.17) is 9.79 Å². The van der Waals surface area contributed by atoms with Gasteiger partial charge in [-0.3, -0.25) is 0 Å². The molecule has 0 heterocycles. The molecule has 6 heteroatoms. The van der Waals surface area contributed by atoms with Gasteiger partial charge in [0.15, 0.2) is 0 Å². The van der Waals surface area contributed by atoms with Crippen molar-refractivity contribution in [3.05, 3.63) is 0 Å². The molecule has 0 rings (SSSR count). The molecule has 92 valence electrons. The Hall–Kier alpha value is 0.460. The molecule has 0 unspecified atom stereocenters. The summed E-state index contributed by atoms with van der Waals surface area (Å²) in [5.41, 5.74) is 0. The maximum atomic E-state index is 10.7. The Labute approximate surface area is 97.8 Å². The highest BCUT2D eigenvalue weighted by molar-refractivity contribution is 7.84. The molecule has 0 spiro atoms. The average molecular weight is 255 g/mol. The van der Waals surface area contributed by atoms with Crippen molar-refractivity contribution in [3.63, 3.8) is 0 Å². The summed E-state index contributed by atoms with van der Waals surface area (Å²) >= 11 is 3.74. The van der Waals surface area contributed by atoms with Gasteiger partial charge < -0.3 is 9.79 Å². The van der Waals surface area contributed by atoms with E-state index in [1.54, 1.807) is 0 Å². The second kappa shape index (κ2) is 8.59.